The van der Waals surface area contributed by atoms with Crippen molar-refractivity contribution in [1.82, 2.24) is 28.5 Å². The Hall–Kier alpha value is -4.36. The zero-order valence-electron chi connectivity index (χ0n) is 23.8. The van der Waals surface area contributed by atoms with Crippen LogP contribution in [-0.2, 0) is 35.3 Å². The minimum atomic E-state index is -4.48. The highest BCUT2D eigenvalue weighted by Crippen LogP contribution is 2.31. The molecule has 3 heterocycles. The van der Waals surface area contributed by atoms with E-state index < -0.39 is 35.4 Å². The Bertz CT molecular complexity index is 1680. The average molecular weight is 591 g/mol. The van der Waals surface area contributed by atoms with Gasteiger partial charge in [-0.3, -0.25) is 23.2 Å². The summed E-state index contributed by atoms with van der Waals surface area (Å²) in [7, 11) is 0. The van der Waals surface area contributed by atoms with Crippen molar-refractivity contribution >= 4 is 17.3 Å². The molecular weight excluding hydrogens is 557 g/mol. The molecular formula is C28H33F3N6O5. The molecule has 1 atom stereocenters. The highest BCUT2D eigenvalue weighted by molar-refractivity contribution is 5.77. The monoisotopic (exact) mass is 590 g/mol. The molecule has 0 bridgehead atoms. The molecule has 4 aromatic rings. The number of hydrogen-bond donors (Lipinski definition) is 0. The maximum absolute atomic E-state index is 13.7. The molecule has 4 rings (SSSR count). The Kier molecular flexibility index (Phi) is 9.22. The van der Waals surface area contributed by atoms with E-state index in [-0.39, 0.29) is 49.7 Å². The third-order valence-electron chi connectivity index (χ3n) is 6.61. The second-order valence-electron chi connectivity index (χ2n) is 9.67. The summed E-state index contributed by atoms with van der Waals surface area (Å²) in [6, 6.07) is 4.93. The molecule has 0 fully saturated rings. The smallest absolute Gasteiger partial charge is 0.434 e. The van der Waals surface area contributed by atoms with Crippen LogP contribution >= 0.6 is 0 Å². The van der Waals surface area contributed by atoms with Crippen LogP contribution in [0, 0.1) is 0 Å². The van der Waals surface area contributed by atoms with E-state index in [1.165, 1.54) is 26.1 Å². The van der Waals surface area contributed by atoms with E-state index >= 15 is 0 Å². The molecule has 11 nitrogen and oxygen atoms in total. The van der Waals surface area contributed by atoms with Gasteiger partial charge in [0.25, 0.3) is 5.56 Å². The number of fused-ring (bicyclic) bond motifs is 1. The first kappa shape index (κ1) is 30.6. The molecule has 0 amide bonds. The summed E-state index contributed by atoms with van der Waals surface area (Å²) < 4.78 is 55.8. The van der Waals surface area contributed by atoms with Gasteiger partial charge in [-0.15, -0.1) is 0 Å². The lowest BCUT2D eigenvalue weighted by Gasteiger charge is -2.20. The van der Waals surface area contributed by atoms with Crippen LogP contribution in [0.5, 0.6) is 0 Å². The van der Waals surface area contributed by atoms with Gasteiger partial charge in [-0.25, -0.2) is 14.6 Å². The largest absolute Gasteiger partial charge is 0.510 e. The Balaban J connectivity index is 1.88. The molecule has 0 saturated carbocycles. The minimum Gasteiger partial charge on any atom is -0.434 e. The van der Waals surface area contributed by atoms with E-state index in [2.05, 4.69) is 10.1 Å². The number of alkyl halides is 3. The number of hydrogen-bond acceptors (Lipinski definition) is 7. The summed E-state index contributed by atoms with van der Waals surface area (Å²) in [5, 5.41) is 4.30. The number of ether oxygens (including phenoxy) is 2. The fraction of sp³-hybridized carbons (Fsp3) is 0.464. The fourth-order valence-corrected chi connectivity index (χ4v) is 4.70. The number of aryl methyl sites for hydroxylation is 1. The first-order valence-corrected chi connectivity index (χ1v) is 13.8. The van der Waals surface area contributed by atoms with Crippen LogP contribution in [0.15, 0.2) is 46.2 Å². The quantitative estimate of drug-likeness (QED) is 0.221. The van der Waals surface area contributed by atoms with Gasteiger partial charge in [0.1, 0.15) is 5.82 Å². The van der Waals surface area contributed by atoms with Crippen molar-refractivity contribution in [3.8, 4) is 11.4 Å². The first-order valence-electron chi connectivity index (χ1n) is 13.8. The van der Waals surface area contributed by atoms with Crippen molar-refractivity contribution in [2.75, 3.05) is 6.61 Å². The van der Waals surface area contributed by atoms with Crippen LogP contribution in [0.25, 0.3) is 22.6 Å². The number of carbonyl (C=O) groups is 1. The second-order valence-corrected chi connectivity index (χ2v) is 9.67. The van der Waals surface area contributed by atoms with Gasteiger partial charge in [0.2, 0.25) is 0 Å². The van der Waals surface area contributed by atoms with Crippen LogP contribution < -0.4 is 11.2 Å². The SMILES string of the molecule is CCCOC(=O)OC(CC)n1c(-c2cnn(Cc3cccc(C(F)(F)F)c3)c2)nc2c1c(=O)n(CCC)c(=O)n2CC. The number of nitrogens with zero attached hydrogens (tertiary/aromatic N) is 6. The number of benzene rings is 1. The zero-order chi connectivity index (χ0) is 30.6. The van der Waals surface area contributed by atoms with Crippen molar-refractivity contribution in [2.24, 2.45) is 0 Å². The summed E-state index contributed by atoms with van der Waals surface area (Å²) in [6.45, 7) is 7.77. The van der Waals surface area contributed by atoms with E-state index in [9.17, 15) is 27.6 Å². The third-order valence-corrected chi connectivity index (χ3v) is 6.61. The van der Waals surface area contributed by atoms with Gasteiger partial charge in [-0.1, -0.05) is 32.9 Å². The molecule has 0 aliphatic rings. The van der Waals surface area contributed by atoms with Crippen LogP contribution in [0.2, 0.25) is 0 Å². The maximum atomic E-state index is 13.7. The molecule has 14 heteroatoms. The molecule has 0 aliphatic carbocycles. The molecule has 226 valence electrons. The Labute approximate surface area is 239 Å². The number of carbonyl (C=O) groups excluding carboxylic acids is 1. The van der Waals surface area contributed by atoms with Crippen LogP contribution in [0.4, 0.5) is 18.0 Å². The van der Waals surface area contributed by atoms with E-state index in [0.717, 1.165) is 16.7 Å². The molecule has 0 spiro atoms. The molecule has 0 radical (unpaired) electrons. The van der Waals surface area contributed by atoms with Gasteiger partial charge in [0, 0.05) is 25.7 Å². The Morgan fingerprint density at radius 3 is 2.48 bits per heavy atom. The second kappa shape index (κ2) is 12.7. The van der Waals surface area contributed by atoms with Crippen LogP contribution in [-0.4, -0.2) is 41.2 Å². The predicted molar refractivity (Wildman–Crippen MR) is 148 cm³/mol. The standard InChI is InChI=1S/C28H33F3N6O5/c1-5-12-36-25(38)22-24(35(8-4)26(36)39)33-23(37(22)21(7-3)42-27(40)41-13-6-2)19-15-32-34(17-19)16-18-10-9-11-20(14-18)28(29,30)31/h9-11,14-15,17,21H,5-8,12-13,16H2,1-4H3. The van der Waals surface area contributed by atoms with Crippen LogP contribution in [0.1, 0.15) is 64.3 Å². The molecule has 0 saturated heterocycles. The van der Waals surface area contributed by atoms with E-state index in [1.807, 2.05) is 13.8 Å². The number of aromatic nitrogens is 6. The summed E-state index contributed by atoms with van der Waals surface area (Å²) in [4.78, 5) is 44.0. The highest BCUT2D eigenvalue weighted by Gasteiger charge is 2.31. The molecule has 0 aliphatic heterocycles. The summed E-state index contributed by atoms with van der Waals surface area (Å²) >= 11 is 0. The van der Waals surface area contributed by atoms with Crippen molar-refractivity contribution in [1.29, 1.82) is 0 Å². The number of halogens is 3. The van der Waals surface area contributed by atoms with Crippen LogP contribution in [0.3, 0.4) is 0 Å². The Morgan fingerprint density at radius 1 is 1.07 bits per heavy atom. The fourth-order valence-electron chi connectivity index (χ4n) is 4.70. The van der Waals surface area contributed by atoms with E-state index in [1.54, 1.807) is 26.1 Å². The topological polar surface area (TPSA) is 115 Å². The highest BCUT2D eigenvalue weighted by atomic mass is 19.4. The molecule has 1 aromatic carbocycles. The van der Waals surface area contributed by atoms with Gasteiger partial charge in [0.05, 0.1) is 30.5 Å². The van der Waals surface area contributed by atoms with Gasteiger partial charge in [-0.2, -0.15) is 18.3 Å². The summed E-state index contributed by atoms with van der Waals surface area (Å²) in [5.41, 5.74) is -0.897. The maximum Gasteiger partial charge on any atom is 0.510 e. The molecule has 3 aromatic heterocycles. The number of imidazole rings is 1. The predicted octanol–water partition coefficient (Wildman–Crippen LogP) is 5.19. The average Bonchev–Trinajstić information content (AvgIpc) is 3.58. The lowest BCUT2D eigenvalue weighted by Crippen LogP contribution is -2.40. The zero-order valence-corrected chi connectivity index (χ0v) is 23.8. The van der Waals surface area contributed by atoms with Gasteiger partial charge in [-0.05, 0) is 37.5 Å². The van der Waals surface area contributed by atoms with Gasteiger partial charge in [0.15, 0.2) is 17.4 Å². The van der Waals surface area contributed by atoms with Crippen molar-refractivity contribution in [2.45, 2.75) is 79.0 Å². The van der Waals surface area contributed by atoms with Gasteiger partial charge < -0.3 is 9.47 Å². The van der Waals surface area contributed by atoms with Crippen molar-refractivity contribution < 1.29 is 27.4 Å². The normalized spacial score (nSPS) is 12.5. The molecule has 42 heavy (non-hydrogen) atoms. The lowest BCUT2D eigenvalue weighted by atomic mass is 10.1. The van der Waals surface area contributed by atoms with Crippen molar-refractivity contribution in [3.63, 3.8) is 0 Å². The molecule has 0 N–H and O–H groups in total. The third kappa shape index (κ3) is 6.11. The molecule has 1 unspecified atom stereocenters. The number of rotatable bonds is 11. The Morgan fingerprint density at radius 2 is 1.83 bits per heavy atom. The van der Waals surface area contributed by atoms with Crippen molar-refractivity contribution in [3.05, 3.63) is 68.6 Å². The van der Waals surface area contributed by atoms with E-state index in [0.29, 0.717) is 24.0 Å². The minimum absolute atomic E-state index is 0.0319. The van der Waals surface area contributed by atoms with Gasteiger partial charge >= 0.3 is 18.0 Å². The van der Waals surface area contributed by atoms with E-state index in [4.69, 9.17) is 9.47 Å². The summed E-state index contributed by atoms with van der Waals surface area (Å²) in [5.74, 6) is 0.198. The first-order chi connectivity index (χ1) is 20.0. The summed E-state index contributed by atoms with van der Waals surface area (Å²) in [6.07, 6.45) is -2.06. The lowest BCUT2D eigenvalue weighted by molar-refractivity contribution is -0.137.